The van der Waals surface area contributed by atoms with Gasteiger partial charge in [-0.1, -0.05) is 26.0 Å². The van der Waals surface area contributed by atoms with Gasteiger partial charge in [0.1, 0.15) is 0 Å². The molecule has 0 radical (unpaired) electrons. The summed E-state index contributed by atoms with van der Waals surface area (Å²) in [4.78, 5) is 11.9. The molecule has 0 aliphatic carbocycles. The van der Waals surface area contributed by atoms with Crippen LogP contribution in [0.15, 0.2) is 23.1 Å². The Balaban J connectivity index is 3.04. The van der Waals surface area contributed by atoms with Crippen LogP contribution in [0.3, 0.4) is 0 Å². The number of carboxylic acids is 1. The molecule has 0 atom stereocenters. The second kappa shape index (κ2) is 5.81. The minimum Gasteiger partial charge on any atom is -0.481 e. The van der Waals surface area contributed by atoms with E-state index in [1.165, 1.54) is 10.5 Å². The Kier molecular flexibility index (Phi) is 4.69. The van der Waals surface area contributed by atoms with Gasteiger partial charge in [-0.15, -0.1) is 11.8 Å². The van der Waals surface area contributed by atoms with Crippen molar-refractivity contribution in [2.45, 2.75) is 31.6 Å². The van der Waals surface area contributed by atoms with E-state index >= 15 is 0 Å². The molecule has 0 amide bonds. The molecule has 2 nitrogen and oxygen atoms in total. The molecule has 0 saturated heterocycles. The lowest BCUT2D eigenvalue weighted by Gasteiger charge is -2.10. The van der Waals surface area contributed by atoms with Gasteiger partial charge in [-0.2, -0.15) is 0 Å². The lowest BCUT2D eigenvalue weighted by Crippen LogP contribution is -2.04. The molecule has 0 fully saturated rings. The Morgan fingerprint density at radius 2 is 2.13 bits per heavy atom. The van der Waals surface area contributed by atoms with Crippen molar-refractivity contribution in [2.75, 3.05) is 5.75 Å². The van der Waals surface area contributed by atoms with Gasteiger partial charge in [0.25, 0.3) is 0 Å². The molecule has 0 saturated carbocycles. The molecular formula is C12H16O2S. The minimum absolute atomic E-state index is 0.126. The molecule has 1 aromatic rings. The molecule has 0 aliphatic rings. The van der Waals surface area contributed by atoms with Crippen molar-refractivity contribution in [3.05, 3.63) is 29.3 Å². The van der Waals surface area contributed by atoms with Crippen LogP contribution in [-0.4, -0.2) is 16.8 Å². The number of benzene rings is 1. The zero-order valence-electron chi connectivity index (χ0n) is 9.12. The van der Waals surface area contributed by atoms with Gasteiger partial charge >= 0.3 is 5.97 Å². The van der Waals surface area contributed by atoms with E-state index in [-0.39, 0.29) is 6.42 Å². The number of hydrogen-bond acceptors (Lipinski definition) is 2. The third kappa shape index (κ3) is 3.27. The Morgan fingerprint density at radius 3 is 2.67 bits per heavy atom. The van der Waals surface area contributed by atoms with Crippen LogP contribution in [0, 0.1) is 0 Å². The quantitative estimate of drug-likeness (QED) is 0.781. The number of carboxylic acid groups (broad SMARTS) is 1. The van der Waals surface area contributed by atoms with Crippen LogP contribution in [0.2, 0.25) is 0 Å². The highest BCUT2D eigenvalue weighted by molar-refractivity contribution is 7.99. The molecular weight excluding hydrogens is 208 g/mol. The Bertz CT molecular complexity index is 347. The molecule has 3 heteroatoms. The predicted molar refractivity (Wildman–Crippen MR) is 63.6 cm³/mol. The number of thioether (sulfide) groups is 1. The average Bonchev–Trinajstić information content (AvgIpc) is 2.18. The van der Waals surface area contributed by atoms with Crippen LogP contribution in [0.5, 0.6) is 0 Å². The highest BCUT2D eigenvalue weighted by Gasteiger charge is 2.09. The molecule has 1 rings (SSSR count). The van der Waals surface area contributed by atoms with Crippen molar-refractivity contribution in [3.63, 3.8) is 0 Å². The summed E-state index contributed by atoms with van der Waals surface area (Å²) in [6.45, 7) is 4.17. The van der Waals surface area contributed by atoms with Crippen molar-refractivity contribution in [1.82, 2.24) is 0 Å². The van der Waals surface area contributed by atoms with E-state index in [9.17, 15) is 4.79 Å². The summed E-state index contributed by atoms with van der Waals surface area (Å²) in [5.41, 5.74) is 2.13. The zero-order valence-corrected chi connectivity index (χ0v) is 9.93. The summed E-state index contributed by atoms with van der Waals surface area (Å²) in [5.74, 6) is 0.257. The van der Waals surface area contributed by atoms with Crippen molar-refractivity contribution < 1.29 is 9.90 Å². The van der Waals surface area contributed by atoms with Crippen LogP contribution in [-0.2, 0) is 17.6 Å². The summed E-state index contributed by atoms with van der Waals surface area (Å²) in [7, 11) is 0. The van der Waals surface area contributed by atoms with Crippen LogP contribution >= 0.6 is 11.8 Å². The predicted octanol–water partition coefficient (Wildman–Crippen LogP) is 2.99. The summed E-state index contributed by atoms with van der Waals surface area (Å²) in [6, 6.07) is 5.92. The van der Waals surface area contributed by atoms with E-state index in [1.807, 2.05) is 12.1 Å². The van der Waals surface area contributed by atoms with Crippen molar-refractivity contribution >= 4 is 17.7 Å². The normalized spacial score (nSPS) is 10.3. The molecule has 1 N–H and O–H groups in total. The lowest BCUT2D eigenvalue weighted by atomic mass is 10.0. The second-order valence-corrected chi connectivity index (χ2v) is 4.56. The monoisotopic (exact) mass is 224 g/mol. The first kappa shape index (κ1) is 12.1. The molecule has 0 aliphatic heterocycles. The van der Waals surface area contributed by atoms with E-state index in [0.29, 0.717) is 0 Å². The molecule has 15 heavy (non-hydrogen) atoms. The standard InChI is InChI=1S/C12H16O2S/c1-3-10-9(8-12(13)14)6-5-7-11(10)15-4-2/h5-7H,3-4,8H2,1-2H3,(H,13,14). The molecule has 0 heterocycles. The second-order valence-electron chi connectivity index (χ2n) is 3.25. The van der Waals surface area contributed by atoms with Gasteiger partial charge in [0, 0.05) is 4.90 Å². The first-order chi connectivity index (χ1) is 7.19. The molecule has 1 aromatic carbocycles. The fourth-order valence-electron chi connectivity index (χ4n) is 1.63. The Morgan fingerprint density at radius 1 is 1.40 bits per heavy atom. The first-order valence-corrected chi connectivity index (χ1v) is 6.13. The van der Waals surface area contributed by atoms with Gasteiger partial charge in [0.15, 0.2) is 0 Å². The van der Waals surface area contributed by atoms with E-state index in [0.717, 1.165) is 17.7 Å². The van der Waals surface area contributed by atoms with Gasteiger partial charge in [-0.25, -0.2) is 0 Å². The van der Waals surface area contributed by atoms with Crippen LogP contribution in [0.1, 0.15) is 25.0 Å². The summed E-state index contributed by atoms with van der Waals surface area (Å²) < 4.78 is 0. The highest BCUT2D eigenvalue weighted by Crippen LogP contribution is 2.26. The van der Waals surface area contributed by atoms with Gasteiger partial charge in [0.2, 0.25) is 0 Å². The van der Waals surface area contributed by atoms with E-state index < -0.39 is 5.97 Å². The Hall–Kier alpha value is -0.960. The summed E-state index contributed by atoms with van der Waals surface area (Å²) >= 11 is 1.77. The number of rotatable bonds is 5. The molecule has 0 spiro atoms. The van der Waals surface area contributed by atoms with Gasteiger partial charge in [-0.05, 0) is 29.4 Å². The molecule has 0 aromatic heterocycles. The van der Waals surface area contributed by atoms with E-state index in [2.05, 4.69) is 19.9 Å². The highest BCUT2D eigenvalue weighted by atomic mass is 32.2. The zero-order chi connectivity index (χ0) is 11.3. The number of hydrogen-bond donors (Lipinski definition) is 1. The first-order valence-electron chi connectivity index (χ1n) is 5.14. The maximum absolute atomic E-state index is 10.7. The molecule has 0 bridgehead atoms. The SMILES string of the molecule is CCSc1cccc(CC(=O)O)c1CC. The number of aliphatic carboxylic acids is 1. The smallest absolute Gasteiger partial charge is 0.307 e. The van der Waals surface area contributed by atoms with Gasteiger partial charge in [-0.3, -0.25) is 4.79 Å². The van der Waals surface area contributed by atoms with Gasteiger partial charge in [0.05, 0.1) is 6.42 Å². The van der Waals surface area contributed by atoms with E-state index in [4.69, 9.17) is 5.11 Å². The molecule has 82 valence electrons. The van der Waals surface area contributed by atoms with Crippen molar-refractivity contribution in [2.24, 2.45) is 0 Å². The summed E-state index contributed by atoms with van der Waals surface area (Å²) in [6.07, 6.45) is 1.02. The van der Waals surface area contributed by atoms with Crippen molar-refractivity contribution in [1.29, 1.82) is 0 Å². The Labute approximate surface area is 94.7 Å². The van der Waals surface area contributed by atoms with Crippen LogP contribution < -0.4 is 0 Å². The average molecular weight is 224 g/mol. The fourth-order valence-corrected chi connectivity index (χ4v) is 2.57. The summed E-state index contributed by atoms with van der Waals surface area (Å²) in [5, 5.41) is 8.80. The van der Waals surface area contributed by atoms with Crippen LogP contribution in [0.4, 0.5) is 0 Å². The fraction of sp³-hybridized carbons (Fsp3) is 0.417. The van der Waals surface area contributed by atoms with E-state index in [1.54, 1.807) is 11.8 Å². The molecule has 0 unspecified atom stereocenters. The van der Waals surface area contributed by atoms with Crippen molar-refractivity contribution in [3.8, 4) is 0 Å². The number of carbonyl (C=O) groups is 1. The third-order valence-electron chi connectivity index (χ3n) is 2.23. The third-order valence-corrected chi connectivity index (χ3v) is 3.21. The minimum atomic E-state index is -0.761. The maximum atomic E-state index is 10.7. The maximum Gasteiger partial charge on any atom is 0.307 e. The topological polar surface area (TPSA) is 37.3 Å². The lowest BCUT2D eigenvalue weighted by molar-refractivity contribution is -0.136. The largest absolute Gasteiger partial charge is 0.481 e. The van der Waals surface area contributed by atoms with Gasteiger partial charge < -0.3 is 5.11 Å². The van der Waals surface area contributed by atoms with Crippen LogP contribution in [0.25, 0.3) is 0 Å².